The van der Waals surface area contributed by atoms with Crippen LogP contribution in [-0.4, -0.2) is 54.3 Å². The first-order valence-corrected chi connectivity index (χ1v) is 20.8. The Morgan fingerprint density at radius 1 is 0.855 bits per heavy atom. The third kappa shape index (κ3) is 13.6. The molecule has 0 bridgehead atoms. The van der Waals surface area contributed by atoms with E-state index in [0.29, 0.717) is 74.3 Å². The molecule has 0 spiro atoms. The molecule has 0 aromatic heterocycles. The van der Waals surface area contributed by atoms with Gasteiger partial charge in [0.2, 0.25) is 5.69 Å². The summed E-state index contributed by atoms with van der Waals surface area (Å²) >= 11 is 1.93. The van der Waals surface area contributed by atoms with Crippen LogP contribution in [0.2, 0.25) is 0 Å². The molecule has 0 unspecified atom stereocenters. The minimum atomic E-state index is -4.81. The van der Waals surface area contributed by atoms with Gasteiger partial charge in [0.1, 0.15) is 16.1 Å². The Kier molecular flexibility index (Phi) is 24.5. The molecule has 1 aliphatic carbocycles. The largest absolute Gasteiger partial charge is 1.00 e. The van der Waals surface area contributed by atoms with E-state index in [4.69, 9.17) is 0 Å². The Bertz CT molecular complexity index is 2500. The summed E-state index contributed by atoms with van der Waals surface area (Å²) in [5.41, 5.74) is 3.19. The third-order valence-electron chi connectivity index (χ3n) is 10.4. The van der Waals surface area contributed by atoms with Crippen molar-refractivity contribution in [2.45, 2.75) is 72.5 Å². The average Bonchev–Trinajstić information content (AvgIpc) is 3.49. The van der Waals surface area contributed by atoms with Crippen molar-refractivity contribution in [1.82, 2.24) is 0 Å². The van der Waals surface area contributed by atoms with Crippen LogP contribution in [0.15, 0.2) is 121 Å². The maximum absolute atomic E-state index is 12.2. The van der Waals surface area contributed by atoms with Gasteiger partial charge in [0.15, 0.2) is 12.3 Å². The normalized spacial score (nSPS) is 17.5. The van der Waals surface area contributed by atoms with Crippen molar-refractivity contribution in [2.75, 3.05) is 18.0 Å². The summed E-state index contributed by atoms with van der Waals surface area (Å²) in [6, 6.07) is 15.4. The van der Waals surface area contributed by atoms with Crippen molar-refractivity contribution in [2.24, 2.45) is 0 Å². The molecule has 0 saturated carbocycles. The number of carbonyl (C=O) groups is 3. The molecule has 0 fully saturated rings. The first kappa shape index (κ1) is 59.7. The van der Waals surface area contributed by atoms with Crippen molar-refractivity contribution < 1.29 is 267 Å². The van der Waals surface area contributed by atoms with Crippen molar-refractivity contribution in [1.29, 1.82) is 0 Å². The number of aromatic carboxylic acids is 1. The van der Waals surface area contributed by atoms with Gasteiger partial charge in [-0.15, -0.1) is 0 Å². The number of fused-ring (bicyclic) bond motifs is 2. The summed E-state index contributed by atoms with van der Waals surface area (Å²) in [7, 11) is -4.81. The predicted molar refractivity (Wildman–Crippen MR) is 205 cm³/mol. The van der Waals surface area contributed by atoms with E-state index < -0.39 is 56.8 Å². The fourth-order valence-electron chi connectivity index (χ4n) is 7.71. The summed E-state index contributed by atoms with van der Waals surface area (Å²) in [5.74, 6) is -4.06. The van der Waals surface area contributed by atoms with E-state index in [2.05, 4.69) is 9.37 Å². The average molecular weight is 1000 g/mol. The molecular formula is C41H36K4N2O12S3. The number of aliphatic carboxylic acids is 2. The second-order valence-corrected chi connectivity index (χ2v) is 18.0. The van der Waals surface area contributed by atoms with Crippen LogP contribution < -0.4 is 231 Å². The fourth-order valence-corrected chi connectivity index (χ4v) is 9.84. The van der Waals surface area contributed by atoms with E-state index in [0.717, 1.165) is 22.8 Å². The van der Waals surface area contributed by atoms with Crippen LogP contribution in [0.5, 0.6) is 0 Å². The smallest absolute Gasteiger partial charge is 0.744 e. The first-order chi connectivity index (χ1) is 27.3. The van der Waals surface area contributed by atoms with Gasteiger partial charge in [-0.2, -0.15) is 8.91 Å². The van der Waals surface area contributed by atoms with Crippen molar-refractivity contribution >= 4 is 68.9 Å². The number of rotatable bonds is 14. The van der Waals surface area contributed by atoms with Crippen LogP contribution in [0.25, 0.3) is 0 Å². The number of thioether (sulfide) groups is 1. The number of carboxylic acid groups (broad SMARTS) is 3. The monoisotopic (exact) mass is 1000 g/mol. The van der Waals surface area contributed by atoms with E-state index in [9.17, 15) is 47.9 Å². The molecule has 3 aliphatic rings. The maximum Gasteiger partial charge on any atom is 1.00 e. The van der Waals surface area contributed by atoms with E-state index in [1.807, 2.05) is 32.1 Å². The van der Waals surface area contributed by atoms with Crippen LogP contribution >= 0.6 is 23.8 Å². The van der Waals surface area contributed by atoms with Gasteiger partial charge in [-0.05, 0) is 92.3 Å². The summed E-state index contributed by atoms with van der Waals surface area (Å²) < 4.78 is 42.0. The molecule has 21 heteroatoms. The van der Waals surface area contributed by atoms with Crippen LogP contribution in [-0.2, 0) is 39.9 Å². The standard InChI is InChI=1S/C41H40N2O12S3.4K/c1-40(2)29-20-26(57-55-54-50)14-16-31(29)42(22-36(44)45)34(40)18-12-24-8-7-9-25(38(24)56-33-11-6-5-10-28(33)39(48)49)13-19-35-41(3,4)30-21-27(58(51,52)53)15-17-32(30)43(35)23-37(46)47;;;;/h5-6,10-21H,7-9,22-23H2,1-4H3,(H4-,44,45,46,47,48,49,50,51,52,53);;;;/q;4*+1/p-4. The van der Waals surface area contributed by atoms with E-state index in [1.165, 1.54) is 34.9 Å². The van der Waals surface area contributed by atoms with E-state index in [-0.39, 0.29) is 211 Å². The Morgan fingerprint density at radius 3 is 2.18 bits per heavy atom. The molecule has 0 atom stereocenters. The topological polar surface area (TPSA) is 225 Å². The van der Waals surface area contributed by atoms with Crippen LogP contribution in [0.1, 0.15) is 68.4 Å². The van der Waals surface area contributed by atoms with Gasteiger partial charge in [0.05, 0.1) is 40.8 Å². The van der Waals surface area contributed by atoms with Gasteiger partial charge in [0.25, 0.3) is 0 Å². The van der Waals surface area contributed by atoms with E-state index >= 15 is 0 Å². The van der Waals surface area contributed by atoms with Crippen molar-refractivity contribution in [3.8, 4) is 0 Å². The molecule has 62 heavy (non-hydrogen) atoms. The van der Waals surface area contributed by atoms with Gasteiger partial charge < -0.3 is 44.4 Å². The quantitative estimate of drug-likeness (QED) is 0.0365. The number of allylic oxidation sites excluding steroid dienone is 7. The summed E-state index contributed by atoms with van der Waals surface area (Å²) in [5, 5.41) is 50.2. The number of nitrogens with zero attached hydrogens (tertiary/aromatic N) is 2. The Labute approximate surface area is 539 Å². The summed E-state index contributed by atoms with van der Waals surface area (Å²) in [6.07, 6.45) is 9.05. The zero-order valence-corrected chi connectivity index (χ0v) is 50.6. The molecule has 0 amide bonds. The molecular weight excluding hydrogens is 965 g/mol. The summed E-state index contributed by atoms with van der Waals surface area (Å²) in [4.78, 5) is 39.0. The third-order valence-corrected chi connectivity index (χ3v) is 13.1. The molecule has 0 radical (unpaired) electrons. The zero-order chi connectivity index (χ0) is 42.2. The van der Waals surface area contributed by atoms with Gasteiger partial charge >= 0.3 is 206 Å². The molecule has 0 N–H and O–H groups in total. The first-order valence-electron chi connectivity index (χ1n) is 17.9. The molecule has 3 aromatic rings. The number of carboxylic acids is 3. The minimum absolute atomic E-state index is 0. The number of anilines is 1. The summed E-state index contributed by atoms with van der Waals surface area (Å²) in [6.45, 7) is 6.41. The van der Waals surface area contributed by atoms with E-state index in [1.54, 1.807) is 60.9 Å². The van der Waals surface area contributed by atoms with Crippen molar-refractivity contribution in [3.63, 3.8) is 0 Å². The Balaban J connectivity index is 0.00000331. The molecule has 14 nitrogen and oxygen atoms in total. The van der Waals surface area contributed by atoms with Gasteiger partial charge in [0, 0.05) is 54.8 Å². The Morgan fingerprint density at radius 2 is 1.55 bits per heavy atom. The minimum Gasteiger partial charge on any atom is -0.744 e. The second-order valence-electron chi connectivity index (χ2n) is 14.8. The van der Waals surface area contributed by atoms with Crippen LogP contribution in [0, 0.1) is 0 Å². The number of carbonyl (C=O) groups excluding carboxylic acids is 3. The predicted octanol–water partition coefficient (Wildman–Crippen LogP) is -9.53. The molecule has 0 saturated heterocycles. The van der Waals surface area contributed by atoms with Crippen LogP contribution in [0.3, 0.4) is 0 Å². The molecule has 2 heterocycles. The van der Waals surface area contributed by atoms with Crippen LogP contribution in [0.4, 0.5) is 11.4 Å². The molecule has 6 rings (SSSR count). The zero-order valence-electron chi connectivity index (χ0n) is 35.6. The second kappa shape index (κ2) is 25.4. The van der Waals surface area contributed by atoms with Gasteiger partial charge in [-0.25, -0.2) is 8.42 Å². The number of hydrogen-bond donors (Lipinski definition) is 0. The maximum atomic E-state index is 12.2. The number of hydrogen-bond acceptors (Lipinski definition) is 15. The molecule has 304 valence electrons. The number of benzene rings is 3. The Hall–Kier alpha value is 1.54. The van der Waals surface area contributed by atoms with Crippen molar-refractivity contribution in [3.05, 3.63) is 123 Å². The molecule has 3 aromatic carbocycles. The van der Waals surface area contributed by atoms with Gasteiger partial charge in [-0.1, -0.05) is 56.0 Å². The SMILES string of the molecule is CC1(C)C(/C=C/C2=C(Sc3ccccc3C(=O)[O-])C(=C/C=C3/N(CC(=O)[O-])c4ccc(S(=O)(=O)[O-])cc4C3(C)C)/CCC2)=[N+](CC(=O)[O-])c2ccc(SOO[O-])cc21.[K+].[K+].[K+].[K+]. The molecule has 2 aliphatic heterocycles. The fraction of sp³-hybridized carbons (Fsp3) is 0.268. The van der Waals surface area contributed by atoms with Gasteiger partial charge in [-0.3, -0.25) is 5.04 Å².